The minimum absolute atomic E-state index is 0.0720. The summed E-state index contributed by atoms with van der Waals surface area (Å²) in [7, 11) is 1.76. The summed E-state index contributed by atoms with van der Waals surface area (Å²) in [5, 5.41) is 0.509. The molecule has 2 fully saturated rings. The average Bonchev–Trinajstić information content (AvgIpc) is 3.06. The summed E-state index contributed by atoms with van der Waals surface area (Å²) in [6.07, 6.45) is 1.88. The SMILES string of the molecule is Cc1cnc(N2CCN(C(=O)c3ccc(Cl)cc3N3CCN(C)C3=O)CC2)c(C)c1. The van der Waals surface area contributed by atoms with Gasteiger partial charge < -0.3 is 14.7 Å². The van der Waals surface area contributed by atoms with Gasteiger partial charge in [0, 0.05) is 57.5 Å². The van der Waals surface area contributed by atoms with Gasteiger partial charge in [-0.15, -0.1) is 0 Å². The number of carbonyl (C=O) groups excluding carboxylic acids is 2. The van der Waals surface area contributed by atoms with E-state index in [-0.39, 0.29) is 11.9 Å². The highest BCUT2D eigenvalue weighted by molar-refractivity contribution is 6.31. The number of nitrogens with zero attached hydrogens (tertiary/aromatic N) is 5. The number of carbonyl (C=O) groups is 2. The summed E-state index contributed by atoms with van der Waals surface area (Å²) in [5.41, 5.74) is 3.38. The Hall–Kier alpha value is -2.80. The highest BCUT2D eigenvalue weighted by Crippen LogP contribution is 2.29. The molecule has 8 heteroatoms. The second kappa shape index (κ2) is 8.14. The number of aryl methyl sites for hydroxylation is 2. The fraction of sp³-hybridized carbons (Fsp3) is 0.409. The number of hydrogen-bond donors (Lipinski definition) is 0. The number of halogens is 1. The number of urea groups is 1. The molecule has 1 aromatic heterocycles. The number of pyridine rings is 1. The molecule has 0 saturated carbocycles. The molecule has 0 unspecified atom stereocenters. The number of aromatic nitrogens is 1. The molecule has 30 heavy (non-hydrogen) atoms. The van der Waals surface area contributed by atoms with Crippen molar-refractivity contribution in [2.45, 2.75) is 13.8 Å². The Bertz CT molecular complexity index is 987. The van der Waals surface area contributed by atoms with Crippen molar-refractivity contribution < 1.29 is 9.59 Å². The summed E-state index contributed by atoms with van der Waals surface area (Å²) in [6.45, 7) is 7.91. The van der Waals surface area contributed by atoms with Crippen LogP contribution in [-0.2, 0) is 0 Å². The first-order valence-electron chi connectivity index (χ1n) is 10.1. The lowest BCUT2D eigenvalue weighted by Gasteiger charge is -2.36. The van der Waals surface area contributed by atoms with Crippen LogP contribution < -0.4 is 9.80 Å². The predicted molar refractivity (Wildman–Crippen MR) is 119 cm³/mol. The zero-order chi connectivity index (χ0) is 21.4. The Morgan fingerprint density at radius 1 is 1.03 bits per heavy atom. The third kappa shape index (κ3) is 3.81. The molecule has 158 valence electrons. The van der Waals surface area contributed by atoms with E-state index in [4.69, 9.17) is 11.6 Å². The lowest BCUT2D eigenvalue weighted by atomic mass is 10.1. The molecule has 0 N–H and O–H groups in total. The van der Waals surface area contributed by atoms with E-state index >= 15 is 0 Å². The molecule has 1 aromatic carbocycles. The van der Waals surface area contributed by atoms with Crippen LogP contribution in [0, 0.1) is 13.8 Å². The van der Waals surface area contributed by atoms with Gasteiger partial charge in [0.1, 0.15) is 5.82 Å². The van der Waals surface area contributed by atoms with Crippen molar-refractivity contribution in [1.82, 2.24) is 14.8 Å². The Balaban J connectivity index is 1.52. The molecule has 0 atom stereocenters. The number of likely N-dealkylation sites (N-methyl/N-ethyl adjacent to an activating group) is 1. The standard InChI is InChI=1S/C22H26ClN5O2/c1-15-12-16(2)20(24-14-15)26-7-9-27(10-8-26)21(29)18-5-4-17(23)13-19(18)28-11-6-25(3)22(28)30/h4-5,12-14H,6-11H2,1-3H3. The van der Waals surface area contributed by atoms with Gasteiger partial charge in [-0.1, -0.05) is 17.7 Å². The molecule has 0 aliphatic carbocycles. The Kier molecular flexibility index (Phi) is 5.56. The number of hydrogen-bond acceptors (Lipinski definition) is 4. The molecule has 2 aliphatic rings. The molecule has 0 bridgehead atoms. The van der Waals surface area contributed by atoms with Gasteiger partial charge in [-0.25, -0.2) is 9.78 Å². The van der Waals surface area contributed by atoms with Crippen molar-refractivity contribution in [3.8, 4) is 0 Å². The van der Waals surface area contributed by atoms with Gasteiger partial charge >= 0.3 is 6.03 Å². The molecule has 0 radical (unpaired) electrons. The van der Waals surface area contributed by atoms with Gasteiger partial charge in [0.15, 0.2) is 0 Å². The average molecular weight is 428 g/mol. The van der Waals surface area contributed by atoms with E-state index in [0.717, 1.165) is 30.0 Å². The molecule has 3 amide bonds. The van der Waals surface area contributed by atoms with E-state index in [2.05, 4.69) is 22.9 Å². The molecule has 4 rings (SSSR count). The van der Waals surface area contributed by atoms with E-state index < -0.39 is 0 Å². The van der Waals surface area contributed by atoms with Crippen LogP contribution in [0.4, 0.5) is 16.3 Å². The van der Waals surface area contributed by atoms with Crippen molar-refractivity contribution >= 4 is 35.0 Å². The zero-order valence-corrected chi connectivity index (χ0v) is 18.3. The summed E-state index contributed by atoms with van der Waals surface area (Å²) in [5.74, 6) is 0.905. The van der Waals surface area contributed by atoms with Gasteiger partial charge in [-0.05, 0) is 43.2 Å². The highest BCUT2D eigenvalue weighted by atomic mass is 35.5. The first-order valence-corrected chi connectivity index (χ1v) is 10.5. The fourth-order valence-corrected chi connectivity index (χ4v) is 4.28. The number of rotatable bonds is 3. The molecule has 3 heterocycles. The van der Waals surface area contributed by atoms with Crippen molar-refractivity contribution in [2.75, 3.05) is 56.1 Å². The second-order valence-electron chi connectivity index (χ2n) is 7.95. The third-order valence-corrected chi connectivity index (χ3v) is 5.99. The second-order valence-corrected chi connectivity index (χ2v) is 8.39. The molecule has 0 spiro atoms. The van der Waals surface area contributed by atoms with Crippen LogP contribution in [0.3, 0.4) is 0 Å². The van der Waals surface area contributed by atoms with E-state index in [1.807, 2.05) is 18.0 Å². The van der Waals surface area contributed by atoms with Crippen molar-refractivity contribution in [3.05, 3.63) is 52.2 Å². The van der Waals surface area contributed by atoms with Gasteiger partial charge in [0.25, 0.3) is 5.91 Å². The van der Waals surface area contributed by atoms with E-state index in [9.17, 15) is 9.59 Å². The lowest BCUT2D eigenvalue weighted by molar-refractivity contribution is 0.0747. The normalized spacial score (nSPS) is 17.1. The number of amides is 3. The first kappa shape index (κ1) is 20.5. The molecule has 2 aromatic rings. The van der Waals surface area contributed by atoms with Crippen LogP contribution in [0.5, 0.6) is 0 Å². The molecular formula is C22H26ClN5O2. The Morgan fingerprint density at radius 3 is 2.40 bits per heavy atom. The predicted octanol–water partition coefficient (Wildman–Crippen LogP) is 3.19. The van der Waals surface area contributed by atoms with Gasteiger partial charge in [0.05, 0.1) is 11.3 Å². The van der Waals surface area contributed by atoms with Gasteiger partial charge in [-0.2, -0.15) is 0 Å². The monoisotopic (exact) mass is 427 g/mol. The quantitative estimate of drug-likeness (QED) is 0.754. The smallest absolute Gasteiger partial charge is 0.324 e. The lowest BCUT2D eigenvalue weighted by Crippen LogP contribution is -2.49. The molecule has 7 nitrogen and oxygen atoms in total. The van der Waals surface area contributed by atoms with Crippen LogP contribution in [0.1, 0.15) is 21.5 Å². The maximum absolute atomic E-state index is 13.3. The minimum Gasteiger partial charge on any atom is -0.353 e. The largest absolute Gasteiger partial charge is 0.353 e. The van der Waals surface area contributed by atoms with E-state index in [1.165, 1.54) is 0 Å². The van der Waals surface area contributed by atoms with Crippen LogP contribution in [0.25, 0.3) is 0 Å². The maximum Gasteiger partial charge on any atom is 0.324 e. The third-order valence-electron chi connectivity index (χ3n) is 5.75. The summed E-state index contributed by atoms with van der Waals surface area (Å²) < 4.78 is 0. The van der Waals surface area contributed by atoms with E-state index in [1.54, 1.807) is 35.0 Å². The van der Waals surface area contributed by atoms with E-state index in [0.29, 0.717) is 42.5 Å². The maximum atomic E-state index is 13.3. The minimum atomic E-state index is -0.114. The van der Waals surface area contributed by atoms with Crippen LogP contribution >= 0.6 is 11.6 Å². The topological polar surface area (TPSA) is 60.0 Å². The highest BCUT2D eigenvalue weighted by Gasteiger charge is 2.32. The molecular weight excluding hydrogens is 402 g/mol. The Morgan fingerprint density at radius 2 is 1.77 bits per heavy atom. The first-order chi connectivity index (χ1) is 14.3. The van der Waals surface area contributed by atoms with Crippen LogP contribution in [0.2, 0.25) is 5.02 Å². The van der Waals surface area contributed by atoms with Crippen LogP contribution in [-0.4, -0.2) is 73.0 Å². The molecule has 2 aliphatic heterocycles. The van der Waals surface area contributed by atoms with Gasteiger partial charge in [-0.3, -0.25) is 9.69 Å². The van der Waals surface area contributed by atoms with Crippen molar-refractivity contribution in [3.63, 3.8) is 0 Å². The summed E-state index contributed by atoms with van der Waals surface area (Å²) in [6, 6.07) is 7.16. The fourth-order valence-electron chi connectivity index (χ4n) is 4.11. The van der Waals surface area contributed by atoms with Gasteiger partial charge in [0.2, 0.25) is 0 Å². The van der Waals surface area contributed by atoms with Crippen LogP contribution in [0.15, 0.2) is 30.5 Å². The van der Waals surface area contributed by atoms with Crippen molar-refractivity contribution in [1.29, 1.82) is 0 Å². The molecule has 2 saturated heterocycles. The van der Waals surface area contributed by atoms with Crippen molar-refractivity contribution in [2.24, 2.45) is 0 Å². The zero-order valence-electron chi connectivity index (χ0n) is 17.6. The number of benzene rings is 1. The number of piperazine rings is 1. The Labute approximate surface area is 181 Å². The number of anilines is 2. The summed E-state index contributed by atoms with van der Waals surface area (Å²) >= 11 is 6.19. The summed E-state index contributed by atoms with van der Waals surface area (Å²) in [4.78, 5) is 37.7.